The van der Waals surface area contributed by atoms with E-state index in [2.05, 4.69) is 4.98 Å². The maximum Gasteiger partial charge on any atom is 0.451 e. The Morgan fingerprint density at radius 3 is 2.43 bits per heavy atom. The SMILES string of the molecule is O=Cc1sccc1-c1nc(-c2ccc(F)cc2)oc1C(F)(F)F. The largest absolute Gasteiger partial charge is 0.451 e. The number of hydrogen-bond acceptors (Lipinski definition) is 4. The topological polar surface area (TPSA) is 43.1 Å². The maximum absolute atomic E-state index is 13.2. The summed E-state index contributed by atoms with van der Waals surface area (Å²) in [5.74, 6) is -2.12. The highest BCUT2D eigenvalue weighted by Crippen LogP contribution is 2.41. The molecule has 23 heavy (non-hydrogen) atoms. The zero-order valence-corrected chi connectivity index (χ0v) is 12.0. The van der Waals surface area contributed by atoms with Crippen LogP contribution in [-0.4, -0.2) is 11.3 Å². The van der Waals surface area contributed by atoms with Crippen molar-refractivity contribution in [2.24, 2.45) is 0 Å². The van der Waals surface area contributed by atoms with E-state index < -0.39 is 23.4 Å². The number of hydrogen-bond donors (Lipinski definition) is 0. The smallest absolute Gasteiger partial charge is 0.431 e. The number of alkyl halides is 3. The van der Waals surface area contributed by atoms with E-state index in [0.717, 1.165) is 23.5 Å². The second-order valence-electron chi connectivity index (χ2n) is 4.52. The van der Waals surface area contributed by atoms with Crippen LogP contribution in [0.3, 0.4) is 0 Å². The molecule has 0 aliphatic heterocycles. The zero-order chi connectivity index (χ0) is 16.6. The molecule has 3 rings (SSSR count). The van der Waals surface area contributed by atoms with E-state index in [9.17, 15) is 22.4 Å². The lowest BCUT2D eigenvalue weighted by Crippen LogP contribution is -2.05. The molecule has 3 aromatic rings. The van der Waals surface area contributed by atoms with E-state index in [-0.39, 0.29) is 21.9 Å². The maximum atomic E-state index is 13.2. The molecule has 0 amide bonds. The van der Waals surface area contributed by atoms with Crippen molar-refractivity contribution in [2.75, 3.05) is 0 Å². The van der Waals surface area contributed by atoms with Gasteiger partial charge in [0, 0.05) is 11.1 Å². The summed E-state index contributed by atoms with van der Waals surface area (Å²) in [4.78, 5) is 15.0. The summed E-state index contributed by atoms with van der Waals surface area (Å²) in [5, 5.41) is 1.49. The second-order valence-corrected chi connectivity index (χ2v) is 5.47. The number of thiophene rings is 1. The number of halogens is 4. The lowest BCUT2D eigenvalue weighted by molar-refractivity contribution is -0.152. The Bertz CT molecular complexity index is 849. The third-order valence-corrected chi connectivity index (χ3v) is 3.88. The molecule has 0 spiro atoms. The van der Waals surface area contributed by atoms with Gasteiger partial charge >= 0.3 is 6.18 Å². The molecule has 1 aromatic carbocycles. The molecule has 0 atom stereocenters. The van der Waals surface area contributed by atoms with Gasteiger partial charge < -0.3 is 4.42 Å². The van der Waals surface area contributed by atoms with Crippen LogP contribution in [0.15, 0.2) is 40.1 Å². The average molecular weight is 341 g/mol. The van der Waals surface area contributed by atoms with Crippen molar-refractivity contribution >= 4 is 17.6 Å². The van der Waals surface area contributed by atoms with E-state index >= 15 is 0 Å². The minimum atomic E-state index is -4.78. The van der Waals surface area contributed by atoms with Crippen molar-refractivity contribution in [1.82, 2.24) is 4.98 Å². The van der Waals surface area contributed by atoms with Gasteiger partial charge in [0.1, 0.15) is 11.5 Å². The average Bonchev–Trinajstić information content (AvgIpc) is 3.13. The minimum absolute atomic E-state index is 0.0504. The predicted octanol–water partition coefficient (Wildman–Crippen LogP) is 5.04. The van der Waals surface area contributed by atoms with Gasteiger partial charge in [0.2, 0.25) is 11.7 Å². The molecule has 0 aliphatic carbocycles. The highest BCUT2D eigenvalue weighted by molar-refractivity contribution is 7.12. The number of oxazole rings is 1. The summed E-state index contributed by atoms with van der Waals surface area (Å²) in [5.41, 5.74) is -0.208. The number of carbonyl (C=O) groups excluding carboxylic acids is 1. The van der Waals surface area contributed by atoms with Gasteiger partial charge in [-0.05, 0) is 35.7 Å². The van der Waals surface area contributed by atoms with Gasteiger partial charge in [0.05, 0.1) is 4.88 Å². The van der Waals surface area contributed by atoms with Gasteiger partial charge in [-0.15, -0.1) is 11.3 Å². The molecule has 0 radical (unpaired) electrons. The lowest BCUT2D eigenvalue weighted by atomic mass is 10.1. The van der Waals surface area contributed by atoms with Crippen LogP contribution >= 0.6 is 11.3 Å². The Balaban J connectivity index is 2.19. The first-order valence-electron chi connectivity index (χ1n) is 6.27. The Hall–Kier alpha value is -2.48. The number of nitrogens with zero attached hydrogens (tertiary/aromatic N) is 1. The molecule has 8 heteroatoms. The molecule has 118 valence electrons. The molecule has 0 unspecified atom stereocenters. The fourth-order valence-corrected chi connectivity index (χ4v) is 2.72. The summed E-state index contributed by atoms with van der Waals surface area (Å²) in [6.45, 7) is 0. The monoisotopic (exact) mass is 341 g/mol. The van der Waals surface area contributed by atoms with Gasteiger partial charge in [0.15, 0.2) is 6.29 Å². The van der Waals surface area contributed by atoms with Crippen LogP contribution in [0.1, 0.15) is 15.4 Å². The molecule has 0 N–H and O–H groups in total. The summed E-state index contributed by atoms with van der Waals surface area (Å²) in [6, 6.07) is 6.08. The van der Waals surface area contributed by atoms with Crippen LogP contribution in [0, 0.1) is 5.82 Å². The van der Waals surface area contributed by atoms with Crippen LogP contribution in [0.4, 0.5) is 17.6 Å². The molecule has 0 bridgehead atoms. The summed E-state index contributed by atoms with van der Waals surface area (Å²) in [6.07, 6.45) is -4.31. The molecule has 0 saturated heterocycles. The van der Waals surface area contributed by atoms with E-state index in [0.29, 0.717) is 6.29 Å². The normalized spacial score (nSPS) is 11.7. The third-order valence-electron chi connectivity index (χ3n) is 3.03. The highest BCUT2D eigenvalue weighted by Gasteiger charge is 2.40. The van der Waals surface area contributed by atoms with Gasteiger partial charge in [0.25, 0.3) is 0 Å². The van der Waals surface area contributed by atoms with Crippen LogP contribution in [0.5, 0.6) is 0 Å². The fourth-order valence-electron chi connectivity index (χ4n) is 2.02. The Labute approximate surface area is 131 Å². The molecular formula is C15H7F4NO2S. The van der Waals surface area contributed by atoms with E-state index in [1.165, 1.54) is 23.6 Å². The van der Waals surface area contributed by atoms with Crippen molar-refractivity contribution in [3.8, 4) is 22.7 Å². The van der Waals surface area contributed by atoms with Crippen LogP contribution < -0.4 is 0 Å². The van der Waals surface area contributed by atoms with Crippen LogP contribution in [-0.2, 0) is 6.18 Å². The van der Waals surface area contributed by atoms with Crippen LogP contribution in [0.2, 0.25) is 0 Å². The van der Waals surface area contributed by atoms with E-state index in [4.69, 9.17) is 4.42 Å². The van der Waals surface area contributed by atoms with Crippen molar-refractivity contribution in [2.45, 2.75) is 6.18 Å². The zero-order valence-electron chi connectivity index (χ0n) is 11.2. The van der Waals surface area contributed by atoms with Crippen molar-refractivity contribution in [3.05, 3.63) is 52.2 Å². The minimum Gasteiger partial charge on any atom is -0.431 e. The summed E-state index contributed by atoms with van der Waals surface area (Å²) in [7, 11) is 0. The summed E-state index contributed by atoms with van der Waals surface area (Å²) < 4.78 is 57.4. The first-order chi connectivity index (χ1) is 10.9. The lowest BCUT2D eigenvalue weighted by Gasteiger charge is -2.03. The van der Waals surface area contributed by atoms with Crippen molar-refractivity contribution in [1.29, 1.82) is 0 Å². The van der Waals surface area contributed by atoms with Crippen molar-refractivity contribution in [3.63, 3.8) is 0 Å². The fraction of sp³-hybridized carbons (Fsp3) is 0.0667. The first-order valence-corrected chi connectivity index (χ1v) is 7.15. The van der Waals surface area contributed by atoms with Gasteiger partial charge in [-0.1, -0.05) is 0 Å². The van der Waals surface area contributed by atoms with Gasteiger partial charge in [-0.2, -0.15) is 13.2 Å². The molecule has 0 aliphatic rings. The Morgan fingerprint density at radius 2 is 1.83 bits per heavy atom. The highest BCUT2D eigenvalue weighted by atomic mass is 32.1. The summed E-state index contributed by atoms with van der Waals surface area (Å²) >= 11 is 1.00. The van der Waals surface area contributed by atoms with Gasteiger partial charge in [-0.3, -0.25) is 4.79 Å². The first kappa shape index (κ1) is 15.4. The molecular weight excluding hydrogens is 334 g/mol. The molecule has 2 aromatic heterocycles. The Morgan fingerprint density at radius 1 is 1.13 bits per heavy atom. The number of rotatable bonds is 3. The third kappa shape index (κ3) is 2.89. The number of carbonyl (C=O) groups is 1. The molecule has 0 saturated carbocycles. The van der Waals surface area contributed by atoms with Gasteiger partial charge in [-0.25, -0.2) is 9.37 Å². The molecule has 3 nitrogen and oxygen atoms in total. The second kappa shape index (κ2) is 5.62. The Kier molecular flexibility index (Phi) is 3.77. The quantitative estimate of drug-likeness (QED) is 0.495. The van der Waals surface area contributed by atoms with Crippen molar-refractivity contribution < 1.29 is 26.8 Å². The van der Waals surface area contributed by atoms with E-state index in [1.54, 1.807) is 0 Å². The number of benzene rings is 1. The van der Waals surface area contributed by atoms with Crippen LogP contribution in [0.25, 0.3) is 22.7 Å². The molecule has 2 heterocycles. The number of aldehydes is 1. The standard InChI is InChI=1S/C15H7F4NO2S/c16-9-3-1-8(2-4-9)14-20-12(13(22-14)15(17,18)19)10-5-6-23-11(10)7-21/h1-7H. The predicted molar refractivity (Wildman–Crippen MR) is 75.6 cm³/mol. The molecule has 0 fully saturated rings. The van der Waals surface area contributed by atoms with E-state index in [1.807, 2.05) is 0 Å². The number of aromatic nitrogens is 1.